The maximum atomic E-state index is 11.6. The van der Waals surface area contributed by atoms with E-state index in [1.807, 2.05) is 6.08 Å². The normalized spacial score (nSPS) is 16.3. The summed E-state index contributed by atoms with van der Waals surface area (Å²) in [6.07, 6.45) is 11.8. The number of hydrogen-bond donors (Lipinski definition) is 1. The van der Waals surface area contributed by atoms with Gasteiger partial charge in [-0.3, -0.25) is 4.79 Å². The van der Waals surface area contributed by atoms with Crippen molar-refractivity contribution in [2.75, 3.05) is 6.54 Å². The second-order valence-corrected chi connectivity index (χ2v) is 5.86. The molecule has 1 aromatic rings. The SMILES string of the molecule is C=CCNC(=O)/C=C/c1cc(C)n(C2CCCCC2)c1C. The molecular formula is C18H26N2O. The molecule has 3 nitrogen and oxygen atoms in total. The summed E-state index contributed by atoms with van der Waals surface area (Å²) >= 11 is 0. The van der Waals surface area contributed by atoms with Gasteiger partial charge in [0.2, 0.25) is 5.91 Å². The number of carbonyl (C=O) groups is 1. The van der Waals surface area contributed by atoms with Crippen LogP contribution in [0, 0.1) is 13.8 Å². The molecule has 0 aliphatic heterocycles. The fourth-order valence-electron chi connectivity index (χ4n) is 3.27. The molecule has 1 saturated carbocycles. The number of nitrogens with one attached hydrogen (secondary N) is 1. The van der Waals surface area contributed by atoms with Gasteiger partial charge in [-0.1, -0.05) is 25.3 Å². The highest BCUT2D eigenvalue weighted by molar-refractivity contribution is 5.91. The van der Waals surface area contributed by atoms with Crippen LogP contribution in [-0.4, -0.2) is 17.0 Å². The second-order valence-electron chi connectivity index (χ2n) is 5.86. The van der Waals surface area contributed by atoms with E-state index in [9.17, 15) is 4.79 Å². The van der Waals surface area contributed by atoms with Gasteiger partial charge in [0.25, 0.3) is 0 Å². The van der Waals surface area contributed by atoms with E-state index < -0.39 is 0 Å². The van der Waals surface area contributed by atoms with Crippen LogP contribution in [-0.2, 0) is 4.79 Å². The lowest BCUT2D eigenvalue weighted by atomic mass is 9.95. The first-order valence-electron chi connectivity index (χ1n) is 7.88. The van der Waals surface area contributed by atoms with Crippen LogP contribution in [0.5, 0.6) is 0 Å². The van der Waals surface area contributed by atoms with E-state index in [4.69, 9.17) is 0 Å². The molecule has 1 aliphatic rings. The maximum Gasteiger partial charge on any atom is 0.244 e. The molecule has 0 spiro atoms. The molecule has 114 valence electrons. The Bertz CT molecular complexity index is 534. The molecule has 2 rings (SSSR count). The molecule has 21 heavy (non-hydrogen) atoms. The Hall–Kier alpha value is -1.77. The molecule has 1 N–H and O–H groups in total. The molecule has 0 radical (unpaired) electrons. The molecule has 1 aliphatic carbocycles. The van der Waals surface area contributed by atoms with Crippen LogP contribution in [0.4, 0.5) is 0 Å². The first kappa shape index (κ1) is 15.6. The van der Waals surface area contributed by atoms with Crippen molar-refractivity contribution in [2.24, 2.45) is 0 Å². The zero-order chi connectivity index (χ0) is 15.2. The van der Waals surface area contributed by atoms with E-state index >= 15 is 0 Å². The van der Waals surface area contributed by atoms with Crippen molar-refractivity contribution in [3.05, 3.63) is 41.7 Å². The van der Waals surface area contributed by atoms with Crippen molar-refractivity contribution in [1.29, 1.82) is 0 Å². The summed E-state index contributed by atoms with van der Waals surface area (Å²) in [6.45, 7) is 8.41. The Morgan fingerprint density at radius 3 is 2.76 bits per heavy atom. The van der Waals surface area contributed by atoms with Gasteiger partial charge in [-0.25, -0.2) is 0 Å². The van der Waals surface area contributed by atoms with Crippen LogP contribution < -0.4 is 5.32 Å². The Labute approximate surface area is 127 Å². The first-order valence-corrected chi connectivity index (χ1v) is 7.88. The van der Waals surface area contributed by atoms with Gasteiger partial charge in [-0.05, 0) is 44.4 Å². The third-order valence-electron chi connectivity index (χ3n) is 4.30. The highest BCUT2D eigenvalue weighted by Gasteiger charge is 2.19. The highest BCUT2D eigenvalue weighted by atomic mass is 16.1. The Kier molecular flexibility index (Phi) is 5.43. The smallest absolute Gasteiger partial charge is 0.244 e. The van der Waals surface area contributed by atoms with Crippen LogP contribution in [0.15, 0.2) is 24.8 Å². The predicted molar refractivity (Wildman–Crippen MR) is 88.3 cm³/mol. The number of aryl methyl sites for hydroxylation is 1. The minimum Gasteiger partial charge on any atom is -0.349 e. The fourth-order valence-corrected chi connectivity index (χ4v) is 3.27. The minimum absolute atomic E-state index is 0.0719. The zero-order valence-corrected chi connectivity index (χ0v) is 13.2. The van der Waals surface area contributed by atoms with Crippen molar-refractivity contribution in [3.63, 3.8) is 0 Å². The lowest BCUT2D eigenvalue weighted by Gasteiger charge is -2.26. The lowest BCUT2D eigenvalue weighted by Crippen LogP contribution is -2.20. The topological polar surface area (TPSA) is 34.0 Å². The monoisotopic (exact) mass is 286 g/mol. The van der Waals surface area contributed by atoms with Crippen LogP contribution in [0.25, 0.3) is 6.08 Å². The average Bonchev–Trinajstić information content (AvgIpc) is 2.78. The van der Waals surface area contributed by atoms with E-state index in [0.717, 1.165) is 5.56 Å². The number of rotatable bonds is 5. The Morgan fingerprint density at radius 2 is 2.10 bits per heavy atom. The van der Waals surface area contributed by atoms with Gasteiger partial charge in [0.1, 0.15) is 0 Å². The molecule has 0 saturated heterocycles. The lowest BCUT2D eigenvalue weighted by molar-refractivity contribution is -0.116. The van der Waals surface area contributed by atoms with Crippen LogP contribution in [0.2, 0.25) is 0 Å². The summed E-state index contributed by atoms with van der Waals surface area (Å²) in [5, 5.41) is 2.76. The number of carbonyl (C=O) groups excluding carboxylic acids is 1. The van der Waals surface area contributed by atoms with Crippen molar-refractivity contribution in [2.45, 2.75) is 52.0 Å². The summed E-state index contributed by atoms with van der Waals surface area (Å²) in [7, 11) is 0. The minimum atomic E-state index is -0.0719. The standard InChI is InChI=1S/C18H26N2O/c1-4-12-19-18(21)11-10-16-13-14(2)20(15(16)3)17-8-6-5-7-9-17/h4,10-11,13,17H,1,5-9,12H2,2-3H3,(H,19,21)/b11-10+. The molecular weight excluding hydrogens is 260 g/mol. The molecule has 3 heteroatoms. The van der Waals surface area contributed by atoms with Crippen molar-refractivity contribution in [3.8, 4) is 0 Å². The number of hydrogen-bond acceptors (Lipinski definition) is 1. The largest absolute Gasteiger partial charge is 0.349 e. The molecule has 0 aromatic carbocycles. The molecule has 1 aromatic heterocycles. The third-order valence-corrected chi connectivity index (χ3v) is 4.30. The van der Waals surface area contributed by atoms with Crippen LogP contribution in [0.1, 0.15) is 55.1 Å². The molecule has 0 bridgehead atoms. The van der Waals surface area contributed by atoms with Gasteiger partial charge in [-0.15, -0.1) is 6.58 Å². The summed E-state index contributed by atoms with van der Waals surface area (Å²) in [5.41, 5.74) is 3.71. The number of amides is 1. The summed E-state index contributed by atoms with van der Waals surface area (Å²) in [5.74, 6) is -0.0719. The van der Waals surface area contributed by atoms with Crippen molar-refractivity contribution in [1.82, 2.24) is 9.88 Å². The van der Waals surface area contributed by atoms with E-state index in [2.05, 4.69) is 36.4 Å². The van der Waals surface area contributed by atoms with Gasteiger partial charge in [0.15, 0.2) is 0 Å². The number of nitrogens with zero attached hydrogens (tertiary/aromatic N) is 1. The quantitative estimate of drug-likeness (QED) is 0.646. The zero-order valence-electron chi connectivity index (χ0n) is 13.2. The van der Waals surface area contributed by atoms with E-state index in [-0.39, 0.29) is 5.91 Å². The van der Waals surface area contributed by atoms with Crippen LogP contribution in [0.3, 0.4) is 0 Å². The molecule has 1 heterocycles. The number of aromatic nitrogens is 1. The van der Waals surface area contributed by atoms with Gasteiger partial charge in [-0.2, -0.15) is 0 Å². The highest BCUT2D eigenvalue weighted by Crippen LogP contribution is 2.32. The van der Waals surface area contributed by atoms with Gasteiger partial charge >= 0.3 is 0 Å². The van der Waals surface area contributed by atoms with Gasteiger partial charge in [0.05, 0.1) is 0 Å². The Morgan fingerprint density at radius 1 is 1.38 bits per heavy atom. The molecule has 1 fully saturated rings. The molecule has 1 amide bonds. The maximum absolute atomic E-state index is 11.6. The average molecular weight is 286 g/mol. The second kappa shape index (κ2) is 7.30. The summed E-state index contributed by atoms with van der Waals surface area (Å²) in [4.78, 5) is 11.6. The Balaban J connectivity index is 2.12. The summed E-state index contributed by atoms with van der Waals surface area (Å²) < 4.78 is 2.46. The van der Waals surface area contributed by atoms with Crippen molar-refractivity contribution < 1.29 is 4.79 Å². The molecule has 0 unspecified atom stereocenters. The third kappa shape index (κ3) is 3.87. The van der Waals surface area contributed by atoms with Crippen molar-refractivity contribution >= 4 is 12.0 Å². The molecule has 0 atom stereocenters. The fraction of sp³-hybridized carbons (Fsp3) is 0.500. The first-order chi connectivity index (χ1) is 10.1. The predicted octanol–water partition coefficient (Wildman–Crippen LogP) is 3.93. The van der Waals surface area contributed by atoms with Gasteiger partial charge in [0, 0.05) is 30.1 Å². The van der Waals surface area contributed by atoms with Crippen LogP contribution >= 0.6 is 0 Å². The van der Waals surface area contributed by atoms with Gasteiger partial charge < -0.3 is 9.88 Å². The van der Waals surface area contributed by atoms with E-state index in [1.54, 1.807) is 12.2 Å². The summed E-state index contributed by atoms with van der Waals surface area (Å²) in [6, 6.07) is 2.82. The van der Waals surface area contributed by atoms with E-state index in [0.29, 0.717) is 12.6 Å². The van der Waals surface area contributed by atoms with E-state index in [1.165, 1.54) is 43.5 Å².